The van der Waals surface area contributed by atoms with Gasteiger partial charge in [0.2, 0.25) is 0 Å². The van der Waals surface area contributed by atoms with Gasteiger partial charge in [-0.1, -0.05) is 19.2 Å². The van der Waals surface area contributed by atoms with Crippen LogP contribution in [0.1, 0.15) is 0 Å². The van der Waals surface area contributed by atoms with E-state index in [9.17, 15) is 4.57 Å². The van der Waals surface area contributed by atoms with Crippen molar-refractivity contribution >= 4 is 31.3 Å². The zero-order valence-electron chi connectivity index (χ0n) is 6.48. The van der Waals surface area contributed by atoms with Crippen molar-refractivity contribution < 1.29 is 13.6 Å². The van der Waals surface area contributed by atoms with Gasteiger partial charge in [0.15, 0.2) is 0 Å². The predicted molar refractivity (Wildman–Crippen MR) is 50.1 cm³/mol. The number of rotatable bonds is 4. The first-order chi connectivity index (χ1) is 6.84. The van der Waals surface area contributed by atoms with E-state index < -0.39 is 8.25 Å². The molecule has 0 saturated heterocycles. The summed E-state index contributed by atoms with van der Waals surface area (Å²) in [7, 11) is -2.68. The maximum absolute atomic E-state index is 11.2. The van der Waals surface area contributed by atoms with E-state index in [0.29, 0.717) is 0 Å². The van der Waals surface area contributed by atoms with Gasteiger partial charge in [0.1, 0.15) is 0 Å². The molecule has 14 heavy (non-hydrogen) atoms. The lowest BCUT2D eigenvalue weighted by molar-refractivity contribution is 0.402. The van der Waals surface area contributed by atoms with Gasteiger partial charge in [-0.25, -0.2) is 4.57 Å². The molecule has 0 saturated carbocycles. The van der Waals surface area contributed by atoms with E-state index >= 15 is 0 Å². The lowest BCUT2D eigenvalue weighted by atomic mass is 10.9. The maximum Gasteiger partial charge on any atom is 0.421 e. The predicted octanol–water partition coefficient (Wildman–Crippen LogP) is 1.24. The van der Waals surface area contributed by atoms with Crippen LogP contribution in [0, 0.1) is 0 Å². The molecular weight excluding hydrogens is 247 g/mol. The quantitative estimate of drug-likeness (QED) is 0.754. The second kappa shape index (κ2) is 4.45. The summed E-state index contributed by atoms with van der Waals surface area (Å²) in [5.41, 5.74) is 0. The molecule has 0 aliphatic heterocycles. The largest absolute Gasteiger partial charge is 0.421 e. The summed E-state index contributed by atoms with van der Waals surface area (Å²) in [6, 6.07) is 0. The normalized spacial score (nSPS) is 10.4. The molecule has 2 aromatic rings. The van der Waals surface area contributed by atoms with Crippen LogP contribution in [-0.4, -0.2) is 19.2 Å². The van der Waals surface area contributed by atoms with Crippen LogP contribution in [0.3, 0.4) is 0 Å². The Morgan fingerprint density at radius 1 is 1.07 bits per heavy atom. The van der Waals surface area contributed by atoms with Crippen molar-refractivity contribution in [3.8, 4) is 11.8 Å². The van der Waals surface area contributed by atoms with Crippen LogP contribution in [-0.2, 0) is 4.57 Å². The van der Waals surface area contributed by atoms with Gasteiger partial charge in [-0.15, -0.1) is 0 Å². The summed E-state index contributed by atoms with van der Waals surface area (Å²) in [4.78, 5) is 0. The average molecular weight is 250 g/mol. The summed E-state index contributed by atoms with van der Waals surface area (Å²) >= 11 is 2.20. The molecule has 10 heteroatoms. The molecule has 0 aliphatic carbocycles. The van der Waals surface area contributed by atoms with E-state index in [1.165, 1.54) is 10.8 Å². The molecule has 7 nitrogen and oxygen atoms in total. The van der Waals surface area contributed by atoms with E-state index in [4.69, 9.17) is 9.05 Å². The fraction of sp³-hybridized carbons (Fsp3) is 0. The summed E-state index contributed by atoms with van der Waals surface area (Å²) < 4.78 is 27.9. The third-order valence-electron chi connectivity index (χ3n) is 1.06. The van der Waals surface area contributed by atoms with Crippen LogP contribution < -0.4 is 9.05 Å². The first-order valence-corrected chi connectivity index (χ1v) is 6.18. The molecule has 0 unspecified atom stereocenters. The Morgan fingerprint density at radius 2 is 1.57 bits per heavy atom. The van der Waals surface area contributed by atoms with Gasteiger partial charge in [0, 0.05) is 0 Å². The average Bonchev–Trinajstić information content (AvgIpc) is 2.76. The Morgan fingerprint density at radius 3 is 1.93 bits per heavy atom. The second-order valence-electron chi connectivity index (χ2n) is 1.94. The number of nitrogens with zero attached hydrogens (tertiary/aromatic N) is 4. The molecular formula is C4H3N4O3PS2. The minimum Gasteiger partial charge on any atom is -0.397 e. The number of aromatic nitrogens is 4. The summed E-state index contributed by atoms with van der Waals surface area (Å²) in [6.45, 7) is 0. The Hall–Kier alpha value is -1.05. The third kappa shape index (κ3) is 2.47. The highest BCUT2D eigenvalue weighted by Crippen LogP contribution is 2.28. The molecule has 0 fully saturated rings. The fourth-order valence-corrected chi connectivity index (χ4v) is 2.07. The molecule has 0 spiro atoms. The van der Waals surface area contributed by atoms with Gasteiger partial charge in [0.05, 0.1) is 10.8 Å². The van der Waals surface area contributed by atoms with E-state index in [-0.39, 0.29) is 11.8 Å². The van der Waals surface area contributed by atoms with Crippen molar-refractivity contribution in [2.75, 3.05) is 0 Å². The minimum atomic E-state index is -2.68. The minimum absolute atomic E-state index is 0.182. The molecule has 0 N–H and O–H groups in total. The van der Waals surface area contributed by atoms with E-state index in [2.05, 4.69) is 19.2 Å². The van der Waals surface area contributed by atoms with E-state index in [1.54, 1.807) is 0 Å². The van der Waals surface area contributed by atoms with Crippen LogP contribution in [0.5, 0.6) is 11.8 Å². The van der Waals surface area contributed by atoms with Gasteiger partial charge in [0.25, 0.3) is 11.8 Å². The molecule has 2 rings (SSSR count). The Balaban J connectivity index is 1.91. The molecule has 2 aromatic heterocycles. The Labute approximate surface area is 87.0 Å². The molecule has 2 heterocycles. The van der Waals surface area contributed by atoms with Crippen molar-refractivity contribution in [2.24, 2.45) is 0 Å². The van der Waals surface area contributed by atoms with E-state index in [0.717, 1.165) is 23.1 Å². The maximum atomic E-state index is 11.2. The second-order valence-corrected chi connectivity index (χ2v) is 4.07. The zero-order valence-corrected chi connectivity index (χ0v) is 9.12. The highest BCUT2D eigenvalue weighted by Gasteiger charge is 2.07. The van der Waals surface area contributed by atoms with Gasteiger partial charge >= 0.3 is 8.25 Å². The SMILES string of the molecule is O=[PH](Oc1csnn1)Oc1csnn1. The lowest BCUT2D eigenvalue weighted by Gasteiger charge is -2.00. The first kappa shape index (κ1) is 9.50. The molecule has 0 amide bonds. The Bertz CT molecular complexity index is 366. The van der Waals surface area contributed by atoms with Gasteiger partial charge < -0.3 is 9.05 Å². The molecule has 0 bridgehead atoms. The first-order valence-electron chi connectivity index (χ1n) is 3.28. The van der Waals surface area contributed by atoms with Crippen molar-refractivity contribution in [3.05, 3.63) is 10.8 Å². The van der Waals surface area contributed by atoms with Gasteiger partial charge in [-0.3, -0.25) is 0 Å². The van der Waals surface area contributed by atoms with Crippen molar-refractivity contribution in [3.63, 3.8) is 0 Å². The van der Waals surface area contributed by atoms with Crippen molar-refractivity contribution in [2.45, 2.75) is 0 Å². The molecule has 0 aromatic carbocycles. The fourth-order valence-electron chi connectivity index (χ4n) is 0.593. The Kier molecular flexibility index (Phi) is 3.02. The summed E-state index contributed by atoms with van der Waals surface area (Å²) in [5, 5.41) is 10.1. The summed E-state index contributed by atoms with van der Waals surface area (Å²) in [5.74, 6) is 0.365. The summed E-state index contributed by atoms with van der Waals surface area (Å²) in [6.07, 6.45) is 0. The monoisotopic (exact) mass is 250 g/mol. The van der Waals surface area contributed by atoms with Gasteiger partial charge in [-0.2, -0.15) is 0 Å². The van der Waals surface area contributed by atoms with E-state index in [1.807, 2.05) is 0 Å². The number of hydrogen-bond acceptors (Lipinski definition) is 9. The lowest BCUT2D eigenvalue weighted by Crippen LogP contribution is -1.89. The highest BCUT2D eigenvalue weighted by molar-refractivity contribution is 7.34. The van der Waals surface area contributed by atoms with Crippen LogP contribution in [0.4, 0.5) is 0 Å². The van der Waals surface area contributed by atoms with Crippen LogP contribution >= 0.6 is 31.3 Å². The topological polar surface area (TPSA) is 87.1 Å². The zero-order chi connectivity index (χ0) is 9.80. The molecule has 74 valence electrons. The van der Waals surface area contributed by atoms with Gasteiger partial charge in [-0.05, 0) is 23.1 Å². The smallest absolute Gasteiger partial charge is 0.397 e. The molecule has 0 radical (unpaired) electrons. The van der Waals surface area contributed by atoms with Crippen molar-refractivity contribution in [1.29, 1.82) is 0 Å². The molecule has 0 aliphatic rings. The van der Waals surface area contributed by atoms with Crippen molar-refractivity contribution in [1.82, 2.24) is 19.2 Å². The third-order valence-corrected chi connectivity index (χ3v) is 2.77. The van der Waals surface area contributed by atoms with Crippen LogP contribution in [0.25, 0.3) is 0 Å². The molecule has 0 atom stereocenters. The standard InChI is InChI=1S/C4H3N4O3PS2/c9-12(10-3-1-13-7-5-3)11-4-2-14-8-6-4/h1-2,12H. The number of hydrogen-bond donors (Lipinski definition) is 0. The highest BCUT2D eigenvalue weighted by atomic mass is 32.1. The van der Waals surface area contributed by atoms with Crippen LogP contribution in [0.2, 0.25) is 0 Å². The van der Waals surface area contributed by atoms with Crippen LogP contribution in [0.15, 0.2) is 10.8 Å².